The van der Waals surface area contributed by atoms with Crippen molar-refractivity contribution in [1.29, 1.82) is 0 Å². The Morgan fingerprint density at radius 2 is 1.92 bits per heavy atom. The second-order valence-corrected chi connectivity index (χ2v) is 6.80. The number of fused-ring (bicyclic) bond motifs is 1. The summed E-state index contributed by atoms with van der Waals surface area (Å²) in [6.45, 7) is 5.58. The molecule has 1 aromatic carbocycles. The smallest absolute Gasteiger partial charge is 0.253 e. The molecule has 1 fully saturated rings. The van der Waals surface area contributed by atoms with Crippen molar-refractivity contribution in [3.63, 3.8) is 0 Å². The van der Waals surface area contributed by atoms with Crippen LogP contribution in [0.4, 0.5) is 0 Å². The minimum absolute atomic E-state index is 0.000238. The molecule has 24 heavy (non-hydrogen) atoms. The van der Waals surface area contributed by atoms with E-state index in [1.807, 2.05) is 18.7 Å². The number of nitrogens with one attached hydrogen (secondary N) is 1. The van der Waals surface area contributed by atoms with Crippen LogP contribution >= 0.6 is 0 Å². The van der Waals surface area contributed by atoms with E-state index in [9.17, 15) is 9.59 Å². The number of likely N-dealkylation sites (tertiary alicyclic amines) is 1. The van der Waals surface area contributed by atoms with Crippen molar-refractivity contribution in [2.24, 2.45) is 5.92 Å². The molecule has 0 unspecified atom stereocenters. The van der Waals surface area contributed by atoms with Gasteiger partial charge in [-0.15, -0.1) is 0 Å². The van der Waals surface area contributed by atoms with Gasteiger partial charge in [0.1, 0.15) is 0 Å². The fourth-order valence-electron chi connectivity index (χ4n) is 3.10. The van der Waals surface area contributed by atoms with E-state index in [1.54, 1.807) is 18.2 Å². The lowest BCUT2D eigenvalue weighted by atomic mass is 10.0. The first kappa shape index (κ1) is 16.6. The van der Waals surface area contributed by atoms with Gasteiger partial charge in [0.25, 0.3) is 5.91 Å². The monoisotopic (exact) mass is 332 g/mol. The zero-order valence-corrected chi connectivity index (χ0v) is 14.2. The molecule has 1 saturated heterocycles. The molecule has 6 heteroatoms. The highest BCUT2D eigenvalue weighted by molar-refractivity contribution is 5.95. The van der Waals surface area contributed by atoms with Crippen LogP contribution in [0.25, 0.3) is 0 Å². The lowest BCUT2D eigenvalue weighted by molar-refractivity contribution is -0.122. The standard InChI is InChI=1S/C18H24N2O4/c1-12(2)9-17(21)19-14-5-7-20(8-6-14)18(22)13-3-4-15-16(10-13)24-11-23-15/h3-4,10,12,14H,5-9,11H2,1-2H3,(H,19,21). The highest BCUT2D eigenvalue weighted by Crippen LogP contribution is 2.33. The van der Waals surface area contributed by atoms with Gasteiger partial charge in [0.15, 0.2) is 11.5 Å². The van der Waals surface area contributed by atoms with Gasteiger partial charge in [-0.3, -0.25) is 9.59 Å². The van der Waals surface area contributed by atoms with Crippen LogP contribution in [0.1, 0.15) is 43.5 Å². The SMILES string of the molecule is CC(C)CC(=O)NC1CCN(C(=O)c2ccc3c(c2)OCO3)CC1. The van der Waals surface area contributed by atoms with Gasteiger partial charge in [0, 0.05) is 31.1 Å². The third-order valence-corrected chi connectivity index (χ3v) is 4.36. The quantitative estimate of drug-likeness (QED) is 0.918. The number of amides is 2. The Kier molecular flexibility index (Phi) is 4.92. The predicted molar refractivity (Wildman–Crippen MR) is 89.1 cm³/mol. The summed E-state index contributed by atoms with van der Waals surface area (Å²) in [5.41, 5.74) is 0.613. The maximum atomic E-state index is 12.6. The Bertz CT molecular complexity index is 621. The maximum Gasteiger partial charge on any atom is 0.253 e. The Morgan fingerprint density at radius 1 is 1.21 bits per heavy atom. The zero-order valence-electron chi connectivity index (χ0n) is 14.2. The molecule has 0 bridgehead atoms. The molecule has 1 aromatic rings. The predicted octanol–water partition coefficient (Wildman–Crippen LogP) is 2.18. The molecule has 0 saturated carbocycles. The van der Waals surface area contributed by atoms with Gasteiger partial charge in [-0.2, -0.15) is 0 Å². The Balaban J connectivity index is 1.53. The molecular weight excluding hydrogens is 308 g/mol. The number of carbonyl (C=O) groups excluding carboxylic acids is 2. The molecule has 2 aliphatic rings. The van der Waals surface area contributed by atoms with Crippen LogP contribution in [-0.4, -0.2) is 42.6 Å². The second-order valence-electron chi connectivity index (χ2n) is 6.80. The van der Waals surface area contributed by atoms with Crippen molar-refractivity contribution in [1.82, 2.24) is 10.2 Å². The van der Waals surface area contributed by atoms with Crippen LogP contribution in [0.2, 0.25) is 0 Å². The van der Waals surface area contributed by atoms with E-state index < -0.39 is 0 Å². The Hall–Kier alpha value is -2.24. The summed E-state index contributed by atoms with van der Waals surface area (Å²) in [6.07, 6.45) is 2.14. The van der Waals surface area contributed by atoms with Crippen LogP contribution < -0.4 is 14.8 Å². The van der Waals surface area contributed by atoms with E-state index in [4.69, 9.17) is 9.47 Å². The van der Waals surface area contributed by atoms with E-state index in [-0.39, 0.29) is 24.6 Å². The normalized spacial score (nSPS) is 17.2. The number of carbonyl (C=O) groups is 2. The summed E-state index contributed by atoms with van der Waals surface area (Å²) in [7, 11) is 0. The first-order chi connectivity index (χ1) is 11.5. The molecule has 0 atom stereocenters. The summed E-state index contributed by atoms with van der Waals surface area (Å²) < 4.78 is 10.6. The Labute approximate surface area is 142 Å². The number of nitrogens with zero attached hydrogens (tertiary/aromatic N) is 1. The van der Waals surface area contributed by atoms with Crippen LogP contribution in [-0.2, 0) is 4.79 Å². The van der Waals surface area contributed by atoms with Gasteiger partial charge < -0.3 is 19.7 Å². The first-order valence-electron chi connectivity index (χ1n) is 8.51. The molecule has 0 radical (unpaired) electrons. The number of piperidine rings is 1. The molecule has 2 heterocycles. The molecule has 0 aliphatic carbocycles. The van der Waals surface area contributed by atoms with Gasteiger partial charge in [-0.25, -0.2) is 0 Å². The van der Waals surface area contributed by atoms with Gasteiger partial charge >= 0.3 is 0 Å². The summed E-state index contributed by atoms with van der Waals surface area (Å²) in [4.78, 5) is 26.3. The van der Waals surface area contributed by atoms with Crippen LogP contribution in [0.5, 0.6) is 11.5 Å². The van der Waals surface area contributed by atoms with Gasteiger partial charge in [-0.1, -0.05) is 13.8 Å². The Morgan fingerprint density at radius 3 is 2.62 bits per heavy atom. The van der Waals surface area contributed by atoms with E-state index in [0.717, 1.165) is 12.8 Å². The molecule has 2 aliphatic heterocycles. The van der Waals surface area contributed by atoms with E-state index in [2.05, 4.69) is 5.32 Å². The molecular formula is C18H24N2O4. The number of benzene rings is 1. The zero-order chi connectivity index (χ0) is 17.1. The van der Waals surface area contributed by atoms with Crippen LogP contribution in [0.3, 0.4) is 0 Å². The van der Waals surface area contributed by atoms with Crippen molar-refractivity contribution in [2.45, 2.75) is 39.2 Å². The molecule has 1 N–H and O–H groups in total. The average molecular weight is 332 g/mol. The topological polar surface area (TPSA) is 67.9 Å². The van der Waals surface area contributed by atoms with Crippen LogP contribution in [0.15, 0.2) is 18.2 Å². The van der Waals surface area contributed by atoms with Crippen molar-refractivity contribution in [3.8, 4) is 11.5 Å². The molecule has 2 amide bonds. The van der Waals surface area contributed by atoms with Crippen molar-refractivity contribution in [3.05, 3.63) is 23.8 Å². The largest absolute Gasteiger partial charge is 0.454 e. The molecule has 6 nitrogen and oxygen atoms in total. The average Bonchev–Trinajstić information content (AvgIpc) is 3.01. The lowest BCUT2D eigenvalue weighted by Gasteiger charge is -2.32. The molecule has 130 valence electrons. The summed E-state index contributed by atoms with van der Waals surface area (Å²) in [6, 6.07) is 5.44. The lowest BCUT2D eigenvalue weighted by Crippen LogP contribution is -2.46. The number of hydrogen-bond donors (Lipinski definition) is 1. The van der Waals surface area contributed by atoms with Gasteiger partial charge in [-0.05, 0) is 37.0 Å². The van der Waals surface area contributed by atoms with E-state index in [1.165, 1.54) is 0 Å². The van der Waals surface area contributed by atoms with E-state index in [0.29, 0.717) is 42.5 Å². The maximum absolute atomic E-state index is 12.6. The molecule has 0 spiro atoms. The van der Waals surface area contributed by atoms with Crippen LogP contribution in [0, 0.1) is 5.92 Å². The van der Waals surface area contributed by atoms with E-state index >= 15 is 0 Å². The fourth-order valence-corrected chi connectivity index (χ4v) is 3.10. The van der Waals surface area contributed by atoms with Gasteiger partial charge in [0.2, 0.25) is 12.7 Å². The minimum Gasteiger partial charge on any atom is -0.454 e. The third-order valence-electron chi connectivity index (χ3n) is 4.36. The third kappa shape index (κ3) is 3.80. The number of ether oxygens (including phenoxy) is 2. The highest BCUT2D eigenvalue weighted by Gasteiger charge is 2.26. The number of rotatable bonds is 4. The minimum atomic E-state index is 0.000238. The van der Waals surface area contributed by atoms with Crippen molar-refractivity contribution >= 4 is 11.8 Å². The number of hydrogen-bond acceptors (Lipinski definition) is 4. The molecule has 3 rings (SSSR count). The van der Waals surface area contributed by atoms with Gasteiger partial charge in [0.05, 0.1) is 0 Å². The summed E-state index contributed by atoms with van der Waals surface area (Å²) >= 11 is 0. The summed E-state index contributed by atoms with van der Waals surface area (Å²) in [5.74, 6) is 1.76. The highest BCUT2D eigenvalue weighted by atomic mass is 16.7. The first-order valence-corrected chi connectivity index (χ1v) is 8.51. The van der Waals surface area contributed by atoms with Crippen molar-refractivity contribution < 1.29 is 19.1 Å². The van der Waals surface area contributed by atoms with Crippen molar-refractivity contribution in [2.75, 3.05) is 19.9 Å². The fraction of sp³-hybridized carbons (Fsp3) is 0.556. The summed E-state index contributed by atoms with van der Waals surface area (Å²) in [5, 5.41) is 3.07. The second kappa shape index (κ2) is 7.11. The molecule has 0 aromatic heterocycles.